The highest BCUT2D eigenvalue weighted by Crippen LogP contribution is 2.28. The third kappa shape index (κ3) is 3.35. The monoisotopic (exact) mass is 368 g/mol. The van der Waals surface area contributed by atoms with Crippen molar-refractivity contribution >= 4 is 38.8 Å². The molecule has 1 aliphatic rings. The number of nitrogens with zero attached hydrogens (tertiary/aromatic N) is 3. The van der Waals surface area contributed by atoms with E-state index in [2.05, 4.69) is 15.2 Å². The van der Waals surface area contributed by atoms with E-state index in [0.717, 1.165) is 24.5 Å². The smallest absolute Gasteiger partial charge is 0.262 e. The van der Waals surface area contributed by atoms with Gasteiger partial charge in [0.15, 0.2) is 0 Å². The molecule has 3 aromatic rings. The van der Waals surface area contributed by atoms with Crippen LogP contribution in [0.15, 0.2) is 46.8 Å². The Morgan fingerprint density at radius 2 is 1.96 bits per heavy atom. The molecule has 6 nitrogen and oxygen atoms in total. The van der Waals surface area contributed by atoms with Crippen LogP contribution in [0.25, 0.3) is 10.2 Å². The molecule has 134 valence electrons. The number of piperidine rings is 1. The van der Waals surface area contributed by atoms with Gasteiger partial charge in [-0.15, -0.1) is 11.3 Å². The lowest BCUT2D eigenvalue weighted by Gasteiger charge is -2.30. The zero-order valence-corrected chi connectivity index (χ0v) is 15.2. The Hall–Kier alpha value is -2.67. The van der Waals surface area contributed by atoms with Gasteiger partial charge >= 0.3 is 0 Å². The number of thiophene rings is 1. The molecule has 0 bridgehead atoms. The number of carbonyl (C=O) groups is 1. The van der Waals surface area contributed by atoms with Crippen LogP contribution in [-0.2, 0) is 11.3 Å². The number of rotatable bonds is 4. The molecular formula is C19H20N4O2S. The fraction of sp³-hybridized carbons (Fsp3) is 0.316. The van der Waals surface area contributed by atoms with Gasteiger partial charge in [-0.2, -0.15) is 0 Å². The largest absolute Gasteiger partial charge is 0.370 e. The van der Waals surface area contributed by atoms with Crippen molar-refractivity contribution < 1.29 is 4.79 Å². The van der Waals surface area contributed by atoms with Gasteiger partial charge in [-0.25, -0.2) is 4.98 Å². The molecule has 4 rings (SSSR count). The number of fused-ring (bicyclic) bond motifs is 1. The van der Waals surface area contributed by atoms with Crippen molar-refractivity contribution in [3.05, 3.63) is 52.4 Å². The van der Waals surface area contributed by atoms with Crippen molar-refractivity contribution in [1.82, 2.24) is 9.55 Å². The Morgan fingerprint density at radius 3 is 2.81 bits per heavy atom. The number of hydrogen-bond donors (Lipinski definition) is 1. The summed E-state index contributed by atoms with van der Waals surface area (Å²) in [6.07, 6.45) is 5.04. The highest BCUT2D eigenvalue weighted by molar-refractivity contribution is 7.16. The third-order valence-electron chi connectivity index (χ3n) is 4.64. The van der Waals surface area contributed by atoms with Crippen molar-refractivity contribution in [2.75, 3.05) is 23.3 Å². The average molecular weight is 368 g/mol. The summed E-state index contributed by atoms with van der Waals surface area (Å²) in [6, 6.07) is 9.58. The molecule has 2 aromatic heterocycles. The van der Waals surface area contributed by atoms with E-state index in [9.17, 15) is 9.59 Å². The summed E-state index contributed by atoms with van der Waals surface area (Å²) in [4.78, 5) is 32.2. The SMILES string of the molecule is O=C(Cn1cnc2sccc2c1=O)Nc1ccccc1N1CCCCC1. The lowest BCUT2D eigenvalue weighted by Crippen LogP contribution is -2.31. The van der Waals surface area contributed by atoms with Crippen LogP contribution in [0.4, 0.5) is 11.4 Å². The maximum Gasteiger partial charge on any atom is 0.262 e. The summed E-state index contributed by atoms with van der Waals surface area (Å²) in [5, 5.41) is 5.35. The molecular weight excluding hydrogens is 348 g/mol. The Balaban J connectivity index is 1.53. The Kier molecular flexibility index (Phi) is 4.71. The van der Waals surface area contributed by atoms with E-state index in [0.29, 0.717) is 10.2 Å². The van der Waals surface area contributed by atoms with Gasteiger partial charge in [-0.1, -0.05) is 12.1 Å². The Labute approximate surface area is 155 Å². The fourth-order valence-corrected chi connectivity index (χ4v) is 4.06. The quantitative estimate of drug-likeness (QED) is 0.768. The van der Waals surface area contributed by atoms with Gasteiger partial charge < -0.3 is 10.2 Å². The first kappa shape index (κ1) is 16.8. The zero-order valence-electron chi connectivity index (χ0n) is 14.4. The van der Waals surface area contributed by atoms with Crippen molar-refractivity contribution in [3.8, 4) is 0 Å². The number of amides is 1. The molecule has 0 atom stereocenters. The molecule has 7 heteroatoms. The summed E-state index contributed by atoms with van der Waals surface area (Å²) in [7, 11) is 0. The Morgan fingerprint density at radius 1 is 1.15 bits per heavy atom. The van der Waals surface area contributed by atoms with E-state index < -0.39 is 0 Å². The number of para-hydroxylation sites is 2. The third-order valence-corrected chi connectivity index (χ3v) is 5.46. The fourth-order valence-electron chi connectivity index (χ4n) is 3.34. The molecule has 1 amide bonds. The molecule has 0 unspecified atom stereocenters. The summed E-state index contributed by atoms with van der Waals surface area (Å²) in [6.45, 7) is 1.96. The zero-order chi connectivity index (χ0) is 17.9. The first-order valence-electron chi connectivity index (χ1n) is 8.79. The number of aromatic nitrogens is 2. The number of anilines is 2. The first-order valence-corrected chi connectivity index (χ1v) is 9.67. The molecule has 1 fully saturated rings. The highest BCUT2D eigenvalue weighted by Gasteiger charge is 2.16. The summed E-state index contributed by atoms with van der Waals surface area (Å²) in [5.74, 6) is -0.229. The van der Waals surface area contributed by atoms with Crippen molar-refractivity contribution in [3.63, 3.8) is 0 Å². The van der Waals surface area contributed by atoms with Crippen molar-refractivity contribution in [2.45, 2.75) is 25.8 Å². The van der Waals surface area contributed by atoms with Gasteiger partial charge in [0.05, 0.1) is 23.1 Å². The van der Waals surface area contributed by atoms with Crippen LogP contribution in [0.1, 0.15) is 19.3 Å². The lowest BCUT2D eigenvalue weighted by atomic mass is 10.1. The van der Waals surface area contributed by atoms with E-state index in [-0.39, 0.29) is 18.0 Å². The number of benzene rings is 1. The molecule has 1 N–H and O–H groups in total. The Bertz CT molecular complexity index is 988. The summed E-state index contributed by atoms with van der Waals surface area (Å²) < 4.78 is 1.36. The summed E-state index contributed by atoms with van der Waals surface area (Å²) >= 11 is 1.42. The molecule has 0 spiro atoms. The van der Waals surface area contributed by atoms with Crippen LogP contribution in [0.5, 0.6) is 0 Å². The van der Waals surface area contributed by atoms with Gasteiger partial charge in [-0.05, 0) is 42.8 Å². The molecule has 0 saturated carbocycles. The number of hydrogen-bond acceptors (Lipinski definition) is 5. The van der Waals surface area contributed by atoms with Gasteiger partial charge in [-0.3, -0.25) is 14.2 Å². The van der Waals surface area contributed by atoms with Crippen LogP contribution in [0.3, 0.4) is 0 Å². The normalized spacial score (nSPS) is 14.5. The van der Waals surface area contributed by atoms with Gasteiger partial charge in [0, 0.05) is 13.1 Å². The van der Waals surface area contributed by atoms with Gasteiger partial charge in [0.1, 0.15) is 11.4 Å². The van der Waals surface area contributed by atoms with E-state index in [4.69, 9.17) is 0 Å². The minimum absolute atomic E-state index is 0.0496. The molecule has 1 aliphatic heterocycles. The molecule has 0 aliphatic carbocycles. The number of nitrogens with one attached hydrogen (secondary N) is 1. The molecule has 3 heterocycles. The first-order chi connectivity index (χ1) is 12.7. The van der Waals surface area contributed by atoms with Gasteiger partial charge in [0.25, 0.3) is 5.56 Å². The van der Waals surface area contributed by atoms with Crippen molar-refractivity contribution in [2.24, 2.45) is 0 Å². The van der Waals surface area contributed by atoms with Gasteiger partial charge in [0.2, 0.25) is 5.91 Å². The topological polar surface area (TPSA) is 67.2 Å². The van der Waals surface area contributed by atoms with Crippen LogP contribution < -0.4 is 15.8 Å². The molecule has 26 heavy (non-hydrogen) atoms. The molecule has 1 aromatic carbocycles. The molecule has 1 saturated heterocycles. The van der Waals surface area contributed by atoms with Crippen molar-refractivity contribution in [1.29, 1.82) is 0 Å². The van der Waals surface area contributed by atoms with Crippen LogP contribution in [0, 0.1) is 0 Å². The van der Waals surface area contributed by atoms with Crippen LogP contribution in [0.2, 0.25) is 0 Å². The number of carbonyl (C=O) groups excluding carboxylic acids is 1. The second kappa shape index (κ2) is 7.29. The summed E-state index contributed by atoms with van der Waals surface area (Å²) in [5.41, 5.74) is 1.65. The van der Waals surface area contributed by atoms with Crippen LogP contribution in [-0.4, -0.2) is 28.5 Å². The second-order valence-corrected chi connectivity index (χ2v) is 7.32. The van der Waals surface area contributed by atoms with E-state index in [1.54, 1.807) is 6.07 Å². The predicted molar refractivity (Wildman–Crippen MR) is 105 cm³/mol. The second-order valence-electron chi connectivity index (χ2n) is 6.43. The molecule has 0 radical (unpaired) electrons. The standard InChI is InChI=1S/C19H20N4O2S/c24-17(12-23-13-20-18-14(19(23)25)8-11-26-18)21-15-6-2-3-7-16(15)22-9-4-1-5-10-22/h2-3,6-8,11,13H,1,4-5,9-10,12H2,(H,21,24). The van der Waals surface area contributed by atoms with E-state index in [1.807, 2.05) is 29.6 Å². The minimum atomic E-state index is -0.229. The lowest BCUT2D eigenvalue weighted by molar-refractivity contribution is -0.116. The van der Waals surface area contributed by atoms with E-state index >= 15 is 0 Å². The maximum atomic E-state index is 12.5. The van der Waals surface area contributed by atoms with Crippen LogP contribution >= 0.6 is 11.3 Å². The average Bonchev–Trinajstić information content (AvgIpc) is 3.15. The maximum absolute atomic E-state index is 12.5. The predicted octanol–water partition coefficient (Wildman–Crippen LogP) is 3.09. The minimum Gasteiger partial charge on any atom is -0.370 e. The highest BCUT2D eigenvalue weighted by atomic mass is 32.1. The van der Waals surface area contributed by atoms with E-state index in [1.165, 1.54) is 41.5 Å².